The molecule has 19 heavy (non-hydrogen) atoms. The van der Waals surface area contributed by atoms with Crippen LogP contribution in [0.25, 0.3) is 0 Å². The van der Waals surface area contributed by atoms with Crippen molar-refractivity contribution in [3.63, 3.8) is 0 Å². The Morgan fingerprint density at radius 1 is 1.16 bits per heavy atom. The number of hydrogen-bond donors (Lipinski definition) is 1. The summed E-state index contributed by atoms with van der Waals surface area (Å²) in [5, 5.41) is 9.86. The van der Waals surface area contributed by atoms with E-state index in [4.69, 9.17) is 4.74 Å². The topological polar surface area (TPSA) is 50.4 Å². The van der Waals surface area contributed by atoms with Gasteiger partial charge < -0.3 is 9.84 Å². The lowest BCUT2D eigenvalue weighted by Gasteiger charge is -2.09. The molecule has 0 aliphatic rings. The summed E-state index contributed by atoms with van der Waals surface area (Å²) in [6.07, 6.45) is 3.98. The van der Waals surface area contributed by atoms with Gasteiger partial charge in [-0.25, -0.2) is 4.57 Å². The van der Waals surface area contributed by atoms with Gasteiger partial charge in [0.15, 0.2) is 18.9 Å². The number of aromatic nitrogens is 1. The number of benzene rings is 1. The summed E-state index contributed by atoms with van der Waals surface area (Å²) in [4.78, 5) is 10.5. The zero-order valence-electron chi connectivity index (χ0n) is 10.5. The van der Waals surface area contributed by atoms with Crippen molar-refractivity contribution in [2.45, 2.75) is 12.6 Å². The molecule has 1 aromatic heterocycles. The van der Waals surface area contributed by atoms with Crippen LogP contribution in [0.1, 0.15) is 10.4 Å². The highest BCUT2D eigenvalue weighted by Gasteiger charge is 2.11. The highest BCUT2D eigenvalue weighted by Crippen LogP contribution is 2.11. The lowest BCUT2D eigenvalue weighted by atomic mass is 10.2. The first kappa shape index (κ1) is 13.2. The van der Waals surface area contributed by atoms with Gasteiger partial charge in [-0.15, -0.1) is 0 Å². The number of aldehydes is 1. The molecule has 0 aliphatic heterocycles. The Hall–Kier alpha value is -2.20. The number of aliphatic hydroxyl groups is 1. The number of hydrogen-bond acceptors (Lipinski definition) is 3. The van der Waals surface area contributed by atoms with Crippen LogP contribution in [0.5, 0.6) is 5.75 Å². The Morgan fingerprint density at radius 3 is 2.47 bits per heavy atom. The molecule has 2 aromatic rings. The van der Waals surface area contributed by atoms with Crippen LogP contribution in [0.15, 0.2) is 54.9 Å². The molecule has 0 saturated heterocycles. The van der Waals surface area contributed by atoms with E-state index in [0.29, 0.717) is 17.9 Å². The van der Waals surface area contributed by atoms with Crippen molar-refractivity contribution < 1.29 is 19.2 Å². The fourth-order valence-corrected chi connectivity index (χ4v) is 1.69. The molecule has 98 valence electrons. The smallest absolute Gasteiger partial charge is 0.177 e. The van der Waals surface area contributed by atoms with Crippen LogP contribution in [-0.2, 0) is 6.54 Å². The van der Waals surface area contributed by atoms with Crippen LogP contribution in [0.4, 0.5) is 0 Å². The van der Waals surface area contributed by atoms with Gasteiger partial charge in [0.2, 0.25) is 0 Å². The maximum absolute atomic E-state index is 10.5. The second-order valence-corrected chi connectivity index (χ2v) is 4.22. The van der Waals surface area contributed by atoms with Gasteiger partial charge in [-0.1, -0.05) is 6.07 Å². The monoisotopic (exact) mass is 258 g/mol. The van der Waals surface area contributed by atoms with Crippen molar-refractivity contribution in [1.29, 1.82) is 0 Å². The highest BCUT2D eigenvalue weighted by atomic mass is 16.5. The quantitative estimate of drug-likeness (QED) is 0.626. The second kappa shape index (κ2) is 6.66. The minimum atomic E-state index is -0.585. The standard InChI is InChI=1S/C15H16NO3/c17-11-13-4-6-15(7-5-13)19-12-14(18)10-16-8-2-1-3-9-16/h1-9,11,14,18H,10,12H2/q+1/t14-/m1/s1. The third kappa shape index (κ3) is 4.19. The average molecular weight is 258 g/mol. The third-order valence-electron chi connectivity index (χ3n) is 2.66. The van der Waals surface area contributed by atoms with E-state index in [2.05, 4.69) is 0 Å². The van der Waals surface area contributed by atoms with Crippen molar-refractivity contribution in [3.8, 4) is 5.75 Å². The van der Waals surface area contributed by atoms with Crippen molar-refractivity contribution in [2.24, 2.45) is 0 Å². The predicted molar refractivity (Wildman–Crippen MR) is 70.0 cm³/mol. The molecule has 0 saturated carbocycles. The fraction of sp³-hybridized carbons (Fsp3) is 0.200. The van der Waals surface area contributed by atoms with Crippen molar-refractivity contribution in [3.05, 3.63) is 60.4 Å². The van der Waals surface area contributed by atoms with E-state index in [9.17, 15) is 9.90 Å². The normalized spacial score (nSPS) is 11.8. The number of ether oxygens (including phenoxy) is 1. The number of aliphatic hydroxyl groups excluding tert-OH is 1. The van der Waals surface area contributed by atoms with Crippen LogP contribution in [-0.4, -0.2) is 24.1 Å². The Balaban J connectivity index is 1.82. The molecule has 0 unspecified atom stereocenters. The van der Waals surface area contributed by atoms with Crippen LogP contribution >= 0.6 is 0 Å². The summed E-state index contributed by atoms with van der Waals surface area (Å²) >= 11 is 0. The molecule has 0 radical (unpaired) electrons. The molecule has 0 bridgehead atoms. The largest absolute Gasteiger partial charge is 0.491 e. The Kier molecular flexibility index (Phi) is 4.64. The molecule has 4 heteroatoms. The molecule has 1 atom stereocenters. The van der Waals surface area contributed by atoms with Crippen LogP contribution < -0.4 is 9.30 Å². The van der Waals surface area contributed by atoms with E-state index in [0.717, 1.165) is 6.29 Å². The predicted octanol–water partition coefficient (Wildman–Crippen LogP) is 1.23. The minimum Gasteiger partial charge on any atom is -0.491 e. The SMILES string of the molecule is O=Cc1ccc(OC[C@H](O)C[n+]2ccccc2)cc1. The molecule has 1 aromatic carbocycles. The van der Waals surface area contributed by atoms with E-state index in [1.54, 1.807) is 24.3 Å². The maximum atomic E-state index is 10.5. The van der Waals surface area contributed by atoms with Gasteiger partial charge in [-0.3, -0.25) is 4.79 Å². The van der Waals surface area contributed by atoms with E-state index in [1.165, 1.54) is 0 Å². The second-order valence-electron chi connectivity index (χ2n) is 4.22. The van der Waals surface area contributed by atoms with Crippen LogP contribution in [0, 0.1) is 0 Å². The molecule has 0 spiro atoms. The molecule has 2 rings (SSSR count). The molecule has 4 nitrogen and oxygen atoms in total. The van der Waals surface area contributed by atoms with E-state index >= 15 is 0 Å². The first-order valence-electron chi connectivity index (χ1n) is 6.08. The summed E-state index contributed by atoms with van der Waals surface area (Å²) in [6.45, 7) is 0.690. The first-order valence-corrected chi connectivity index (χ1v) is 6.08. The fourth-order valence-electron chi connectivity index (χ4n) is 1.69. The Labute approximate surface area is 111 Å². The lowest BCUT2D eigenvalue weighted by molar-refractivity contribution is -0.703. The summed E-state index contributed by atoms with van der Waals surface area (Å²) in [5.41, 5.74) is 0.604. The number of carbonyl (C=O) groups is 1. The maximum Gasteiger partial charge on any atom is 0.177 e. The molecule has 0 aliphatic carbocycles. The molecule has 0 fully saturated rings. The number of carbonyl (C=O) groups excluding carboxylic acids is 1. The van der Waals surface area contributed by atoms with Gasteiger partial charge in [0, 0.05) is 17.7 Å². The Bertz CT molecular complexity index is 511. The molecular formula is C15H16NO3+. The number of pyridine rings is 1. The summed E-state index contributed by atoms with van der Waals surface area (Å²) in [6, 6.07) is 12.5. The van der Waals surface area contributed by atoms with Gasteiger partial charge >= 0.3 is 0 Å². The van der Waals surface area contributed by atoms with E-state index < -0.39 is 6.10 Å². The van der Waals surface area contributed by atoms with Gasteiger partial charge in [-0.05, 0) is 24.3 Å². The van der Waals surface area contributed by atoms with Crippen molar-refractivity contribution in [1.82, 2.24) is 0 Å². The summed E-state index contributed by atoms with van der Waals surface area (Å²) in [7, 11) is 0. The van der Waals surface area contributed by atoms with Crippen LogP contribution in [0.2, 0.25) is 0 Å². The van der Waals surface area contributed by atoms with Gasteiger partial charge in [0.25, 0.3) is 0 Å². The zero-order valence-corrected chi connectivity index (χ0v) is 10.5. The molecule has 1 heterocycles. The van der Waals surface area contributed by atoms with E-state index in [-0.39, 0.29) is 6.61 Å². The number of rotatable bonds is 6. The molecule has 1 N–H and O–H groups in total. The lowest BCUT2D eigenvalue weighted by Crippen LogP contribution is -2.41. The molecule has 0 amide bonds. The van der Waals surface area contributed by atoms with Crippen molar-refractivity contribution in [2.75, 3.05) is 6.61 Å². The molecular weight excluding hydrogens is 242 g/mol. The van der Waals surface area contributed by atoms with E-state index in [1.807, 2.05) is 35.2 Å². The zero-order chi connectivity index (χ0) is 13.5. The summed E-state index contributed by atoms with van der Waals surface area (Å²) < 4.78 is 7.35. The minimum absolute atomic E-state index is 0.211. The Morgan fingerprint density at radius 2 is 1.84 bits per heavy atom. The average Bonchev–Trinajstić information content (AvgIpc) is 2.47. The third-order valence-corrected chi connectivity index (χ3v) is 2.66. The van der Waals surface area contributed by atoms with Gasteiger partial charge in [-0.2, -0.15) is 0 Å². The number of nitrogens with zero attached hydrogens (tertiary/aromatic N) is 1. The van der Waals surface area contributed by atoms with Crippen LogP contribution in [0.3, 0.4) is 0 Å². The summed E-state index contributed by atoms with van der Waals surface area (Å²) in [5.74, 6) is 0.641. The van der Waals surface area contributed by atoms with Gasteiger partial charge in [0.05, 0.1) is 0 Å². The van der Waals surface area contributed by atoms with Gasteiger partial charge in [0.1, 0.15) is 24.7 Å². The highest BCUT2D eigenvalue weighted by molar-refractivity contribution is 5.74. The van der Waals surface area contributed by atoms with Crippen molar-refractivity contribution >= 4 is 6.29 Å². The first-order chi connectivity index (χ1) is 9.28.